The molecule has 0 unspecified atom stereocenters. The lowest BCUT2D eigenvalue weighted by molar-refractivity contribution is 0.301. The molecular formula is C9H11BrClNO2. The van der Waals surface area contributed by atoms with Crippen molar-refractivity contribution in [1.29, 1.82) is 0 Å². The standard InChI is InChI=1S/C9H11BrClNO2/c1-13-9-7(10)4-6(11)5-8(9)14-3-2-12/h4-5H,2-3,12H2,1H3. The molecule has 0 aliphatic rings. The number of benzene rings is 1. The highest BCUT2D eigenvalue weighted by molar-refractivity contribution is 9.10. The number of methoxy groups -OCH3 is 1. The summed E-state index contributed by atoms with van der Waals surface area (Å²) in [6.07, 6.45) is 0. The SMILES string of the molecule is COc1c(Br)cc(Cl)cc1OCCN. The Bertz CT molecular complexity index is 320. The molecule has 2 N–H and O–H groups in total. The molecule has 1 aromatic carbocycles. The van der Waals surface area contributed by atoms with Crippen LogP contribution in [0.4, 0.5) is 0 Å². The van der Waals surface area contributed by atoms with Gasteiger partial charge in [-0.1, -0.05) is 11.6 Å². The minimum Gasteiger partial charge on any atom is -0.492 e. The van der Waals surface area contributed by atoms with Gasteiger partial charge in [0.2, 0.25) is 0 Å². The Kier molecular flexibility index (Phi) is 4.51. The molecule has 0 amide bonds. The fourth-order valence-electron chi connectivity index (χ4n) is 1.01. The van der Waals surface area contributed by atoms with Crippen LogP contribution in [-0.2, 0) is 0 Å². The molecule has 0 atom stereocenters. The molecule has 0 aliphatic carbocycles. The fourth-order valence-corrected chi connectivity index (χ4v) is 1.95. The van der Waals surface area contributed by atoms with E-state index < -0.39 is 0 Å². The van der Waals surface area contributed by atoms with Gasteiger partial charge in [-0.3, -0.25) is 0 Å². The van der Waals surface area contributed by atoms with Crippen molar-refractivity contribution in [3.63, 3.8) is 0 Å². The van der Waals surface area contributed by atoms with Gasteiger partial charge in [0.25, 0.3) is 0 Å². The van der Waals surface area contributed by atoms with Crippen molar-refractivity contribution in [3.05, 3.63) is 21.6 Å². The normalized spacial score (nSPS) is 10.0. The van der Waals surface area contributed by atoms with E-state index in [1.165, 1.54) is 0 Å². The lowest BCUT2D eigenvalue weighted by atomic mass is 10.3. The number of hydrogen-bond acceptors (Lipinski definition) is 3. The molecule has 0 heterocycles. The summed E-state index contributed by atoms with van der Waals surface area (Å²) in [6.45, 7) is 0.885. The topological polar surface area (TPSA) is 44.5 Å². The van der Waals surface area contributed by atoms with E-state index in [2.05, 4.69) is 15.9 Å². The number of nitrogens with two attached hydrogens (primary N) is 1. The second kappa shape index (κ2) is 5.44. The maximum absolute atomic E-state index is 5.86. The van der Waals surface area contributed by atoms with Gasteiger partial charge < -0.3 is 15.2 Å². The van der Waals surface area contributed by atoms with Crippen LogP contribution in [0.25, 0.3) is 0 Å². The smallest absolute Gasteiger partial charge is 0.175 e. The molecular weight excluding hydrogens is 269 g/mol. The molecule has 3 nitrogen and oxygen atoms in total. The summed E-state index contributed by atoms with van der Waals surface area (Å²) in [6, 6.07) is 3.44. The zero-order valence-electron chi connectivity index (χ0n) is 7.72. The third kappa shape index (κ3) is 2.77. The molecule has 0 bridgehead atoms. The maximum Gasteiger partial charge on any atom is 0.175 e. The molecule has 0 aliphatic heterocycles. The molecule has 1 rings (SSSR count). The van der Waals surface area contributed by atoms with Crippen LogP contribution in [0.1, 0.15) is 0 Å². The molecule has 0 aromatic heterocycles. The molecule has 0 radical (unpaired) electrons. The number of rotatable bonds is 4. The van der Waals surface area contributed by atoms with Crippen molar-refractivity contribution < 1.29 is 9.47 Å². The quantitative estimate of drug-likeness (QED) is 0.921. The monoisotopic (exact) mass is 279 g/mol. The van der Waals surface area contributed by atoms with E-state index >= 15 is 0 Å². The van der Waals surface area contributed by atoms with Crippen molar-refractivity contribution in [2.24, 2.45) is 5.73 Å². The first kappa shape index (κ1) is 11.6. The average molecular weight is 281 g/mol. The fraction of sp³-hybridized carbons (Fsp3) is 0.333. The van der Waals surface area contributed by atoms with E-state index in [0.717, 1.165) is 4.47 Å². The van der Waals surface area contributed by atoms with Crippen LogP contribution in [0.5, 0.6) is 11.5 Å². The van der Waals surface area contributed by atoms with Gasteiger partial charge in [-0.15, -0.1) is 0 Å². The van der Waals surface area contributed by atoms with Crippen LogP contribution < -0.4 is 15.2 Å². The lowest BCUT2D eigenvalue weighted by Gasteiger charge is -2.11. The number of ether oxygens (including phenoxy) is 2. The first-order valence-corrected chi connectivity index (χ1v) is 5.22. The summed E-state index contributed by atoms with van der Waals surface area (Å²) in [5.41, 5.74) is 5.33. The predicted molar refractivity (Wildman–Crippen MR) is 60.3 cm³/mol. The molecule has 1 aromatic rings. The van der Waals surface area contributed by atoms with Crippen LogP contribution in [-0.4, -0.2) is 20.3 Å². The van der Waals surface area contributed by atoms with Crippen LogP contribution in [0.2, 0.25) is 5.02 Å². The third-order valence-corrected chi connectivity index (χ3v) is 2.36. The van der Waals surface area contributed by atoms with Gasteiger partial charge in [-0.05, 0) is 22.0 Å². The van der Waals surface area contributed by atoms with E-state index in [-0.39, 0.29) is 0 Å². The third-order valence-electron chi connectivity index (χ3n) is 1.55. The Morgan fingerprint density at radius 3 is 2.79 bits per heavy atom. The van der Waals surface area contributed by atoms with E-state index in [9.17, 15) is 0 Å². The van der Waals surface area contributed by atoms with Gasteiger partial charge in [-0.25, -0.2) is 0 Å². The summed E-state index contributed by atoms with van der Waals surface area (Å²) in [5.74, 6) is 1.22. The summed E-state index contributed by atoms with van der Waals surface area (Å²) < 4.78 is 11.3. The van der Waals surface area contributed by atoms with Crippen LogP contribution in [0, 0.1) is 0 Å². The minimum absolute atomic E-state index is 0.434. The Morgan fingerprint density at radius 1 is 1.50 bits per heavy atom. The molecule has 5 heteroatoms. The maximum atomic E-state index is 5.86. The van der Waals surface area contributed by atoms with E-state index in [1.807, 2.05) is 0 Å². The van der Waals surface area contributed by atoms with E-state index in [4.69, 9.17) is 26.8 Å². The molecule has 0 fully saturated rings. The Hall–Kier alpha value is -0.450. The highest BCUT2D eigenvalue weighted by Crippen LogP contribution is 2.37. The highest BCUT2D eigenvalue weighted by atomic mass is 79.9. The highest BCUT2D eigenvalue weighted by Gasteiger charge is 2.10. The van der Waals surface area contributed by atoms with Crippen molar-refractivity contribution in [2.75, 3.05) is 20.3 Å². The van der Waals surface area contributed by atoms with Crippen molar-refractivity contribution in [2.45, 2.75) is 0 Å². The van der Waals surface area contributed by atoms with Gasteiger partial charge in [0, 0.05) is 17.6 Å². The molecule has 0 saturated carbocycles. The van der Waals surface area contributed by atoms with Crippen molar-refractivity contribution in [1.82, 2.24) is 0 Å². The minimum atomic E-state index is 0.434. The van der Waals surface area contributed by atoms with Gasteiger partial charge in [0.15, 0.2) is 11.5 Å². The zero-order valence-corrected chi connectivity index (χ0v) is 10.1. The lowest BCUT2D eigenvalue weighted by Crippen LogP contribution is -2.11. The molecule has 0 spiro atoms. The van der Waals surface area contributed by atoms with Crippen molar-refractivity contribution in [3.8, 4) is 11.5 Å². The second-order valence-electron chi connectivity index (χ2n) is 2.56. The van der Waals surface area contributed by atoms with E-state index in [0.29, 0.717) is 29.7 Å². The van der Waals surface area contributed by atoms with E-state index in [1.54, 1.807) is 19.2 Å². The Labute approximate surface area is 96.3 Å². The van der Waals surface area contributed by atoms with Gasteiger partial charge >= 0.3 is 0 Å². The largest absolute Gasteiger partial charge is 0.492 e. The summed E-state index contributed by atoms with van der Waals surface area (Å²) in [7, 11) is 1.57. The predicted octanol–water partition coefficient (Wildman–Crippen LogP) is 2.45. The van der Waals surface area contributed by atoms with Gasteiger partial charge in [0.1, 0.15) is 6.61 Å². The first-order chi connectivity index (χ1) is 6.69. The molecule has 78 valence electrons. The number of halogens is 2. The number of hydrogen-bond donors (Lipinski definition) is 1. The summed E-state index contributed by atoms with van der Waals surface area (Å²) >= 11 is 9.19. The van der Waals surface area contributed by atoms with Crippen molar-refractivity contribution >= 4 is 27.5 Å². The average Bonchev–Trinajstić information content (AvgIpc) is 2.14. The van der Waals surface area contributed by atoms with Crippen LogP contribution >= 0.6 is 27.5 Å². The second-order valence-corrected chi connectivity index (χ2v) is 3.85. The molecule has 0 saturated heterocycles. The Balaban J connectivity index is 2.99. The zero-order chi connectivity index (χ0) is 10.6. The van der Waals surface area contributed by atoms with Crippen LogP contribution in [0.15, 0.2) is 16.6 Å². The van der Waals surface area contributed by atoms with Crippen LogP contribution in [0.3, 0.4) is 0 Å². The summed E-state index contributed by atoms with van der Waals surface area (Å²) in [5, 5.41) is 0.588. The molecule has 14 heavy (non-hydrogen) atoms. The van der Waals surface area contributed by atoms with Gasteiger partial charge in [-0.2, -0.15) is 0 Å². The summed E-state index contributed by atoms with van der Waals surface area (Å²) in [4.78, 5) is 0. The Morgan fingerprint density at radius 2 is 2.21 bits per heavy atom. The van der Waals surface area contributed by atoms with Gasteiger partial charge in [0.05, 0.1) is 11.6 Å². The first-order valence-electron chi connectivity index (χ1n) is 4.05.